The third kappa shape index (κ3) is 3.47. The Hall–Kier alpha value is -2.02. The zero-order valence-electron chi connectivity index (χ0n) is 10.2. The number of halogens is 1. The molecule has 2 rings (SSSR count). The number of nitrogens with one attached hydrogen (secondary N) is 2. The molecule has 19 heavy (non-hydrogen) atoms. The summed E-state index contributed by atoms with van der Waals surface area (Å²) in [4.78, 5) is 21.5. The fourth-order valence-electron chi connectivity index (χ4n) is 2.09. The molecule has 0 aromatic heterocycles. The first kappa shape index (κ1) is 13.4. The highest BCUT2D eigenvalue weighted by Gasteiger charge is 2.19. The summed E-state index contributed by atoms with van der Waals surface area (Å²) >= 11 is 0. The predicted molar refractivity (Wildman–Crippen MR) is 67.3 cm³/mol. The van der Waals surface area contributed by atoms with Crippen molar-refractivity contribution in [2.75, 3.05) is 18.4 Å². The summed E-state index contributed by atoms with van der Waals surface area (Å²) in [5.74, 6) is -0.840. The van der Waals surface area contributed by atoms with Crippen LogP contribution < -0.4 is 10.6 Å². The van der Waals surface area contributed by atoms with E-state index in [0.29, 0.717) is 6.42 Å². The Kier molecular flexibility index (Phi) is 4.06. The molecule has 0 saturated carbocycles. The molecule has 7 heteroatoms. The van der Waals surface area contributed by atoms with Crippen molar-refractivity contribution in [3.8, 4) is 0 Å². The van der Waals surface area contributed by atoms with Gasteiger partial charge in [-0.1, -0.05) is 0 Å². The van der Waals surface area contributed by atoms with Crippen LogP contribution in [0.1, 0.15) is 12.8 Å². The molecule has 1 heterocycles. The van der Waals surface area contributed by atoms with Gasteiger partial charge in [0.15, 0.2) is 0 Å². The predicted octanol–water partition coefficient (Wildman–Crippen LogP) is 1.67. The molecule has 0 aliphatic carbocycles. The first-order valence-electron chi connectivity index (χ1n) is 6.01. The Morgan fingerprint density at radius 1 is 1.58 bits per heavy atom. The van der Waals surface area contributed by atoms with E-state index in [1.807, 2.05) is 0 Å². The summed E-state index contributed by atoms with van der Waals surface area (Å²) in [7, 11) is 0. The zero-order valence-corrected chi connectivity index (χ0v) is 10.2. The molecule has 1 saturated heterocycles. The van der Waals surface area contributed by atoms with Gasteiger partial charge in [-0.3, -0.25) is 14.9 Å². The molecule has 1 aromatic carbocycles. The number of nitro groups is 1. The quantitative estimate of drug-likeness (QED) is 0.642. The van der Waals surface area contributed by atoms with Crippen molar-refractivity contribution in [2.24, 2.45) is 5.92 Å². The first-order chi connectivity index (χ1) is 9.06. The molecular weight excluding hydrogens is 253 g/mol. The van der Waals surface area contributed by atoms with Crippen molar-refractivity contribution < 1.29 is 14.1 Å². The minimum atomic E-state index is -0.914. The SMILES string of the molecule is O=C(CC1CCNC1)Nc1ccc(F)c([N+](=O)[O-])c1. The van der Waals surface area contributed by atoms with E-state index in [9.17, 15) is 19.3 Å². The van der Waals surface area contributed by atoms with Gasteiger partial charge in [-0.05, 0) is 37.6 Å². The Morgan fingerprint density at radius 3 is 3.00 bits per heavy atom. The monoisotopic (exact) mass is 267 g/mol. The lowest BCUT2D eigenvalue weighted by atomic mass is 10.0. The highest BCUT2D eigenvalue weighted by Crippen LogP contribution is 2.22. The van der Waals surface area contributed by atoms with Gasteiger partial charge in [-0.2, -0.15) is 4.39 Å². The lowest BCUT2D eigenvalue weighted by Crippen LogP contribution is -2.18. The number of anilines is 1. The van der Waals surface area contributed by atoms with Crippen LogP contribution in [0.15, 0.2) is 18.2 Å². The molecule has 0 radical (unpaired) electrons. The second kappa shape index (κ2) is 5.75. The second-order valence-electron chi connectivity index (χ2n) is 4.53. The highest BCUT2D eigenvalue weighted by molar-refractivity contribution is 5.91. The molecule has 1 atom stereocenters. The third-order valence-electron chi connectivity index (χ3n) is 3.06. The maximum Gasteiger partial charge on any atom is 0.306 e. The average Bonchev–Trinajstić information content (AvgIpc) is 2.84. The van der Waals surface area contributed by atoms with E-state index in [1.165, 1.54) is 6.07 Å². The van der Waals surface area contributed by atoms with Crippen molar-refractivity contribution in [1.29, 1.82) is 0 Å². The van der Waals surface area contributed by atoms with E-state index in [0.717, 1.165) is 31.6 Å². The smallest absolute Gasteiger partial charge is 0.306 e. The molecule has 1 aliphatic rings. The minimum absolute atomic E-state index is 0.213. The topological polar surface area (TPSA) is 84.3 Å². The van der Waals surface area contributed by atoms with Gasteiger partial charge in [0, 0.05) is 18.2 Å². The number of rotatable bonds is 4. The van der Waals surface area contributed by atoms with Crippen molar-refractivity contribution in [1.82, 2.24) is 5.32 Å². The Bertz CT molecular complexity index is 501. The number of nitrogens with zero attached hydrogens (tertiary/aromatic N) is 1. The summed E-state index contributed by atoms with van der Waals surface area (Å²) in [6, 6.07) is 3.32. The van der Waals surface area contributed by atoms with Crippen LogP contribution >= 0.6 is 0 Å². The van der Waals surface area contributed by atoms with E-state index in [-0.39, 0.29) is 17.5 Å². The van der Waals surface area contributed by atoms with Gasteiger partial charge >= 0.3 is 5.69 Å². The van der Waals surface area contributed by atoms with Gasteiger partial charge in [-0.25, -0.2) is 0 Å². The number of nitro benzene ring substituents is 1. The van der Waals surface area contributed by atoms with Crippen LogP contribution in [-0.4, -0.2) is 23.9 Å². The van der Waals surface area contributed by atoms with Gasteiger partial charge in [0.2, 0.25) is 11.7 Å². The van der Waals surface area contributed by atoms with Crippen molar-refractivity contribution >= 4 is 17.3 Å². The lowest BCUT2D eigenvalue weighted by Gasteiger charge is -2.09. The number of hydrogen-bond donors (Lipinski definition) is 2. The number of benzene rings is 1. The molecule has 2 N–H and O–H groups in total. The van der Waals surface area contributed by atoms with Crippen LogP contribution in [0.4, 0.5) is 15.8 Å². The summed E-state index contributed by atoms with van der Waals surface area (Å²) in [5.41, 5.74) is -0.399. The molecule has 0 spiro atoms. The van der Waals surface area contributed by atoms with Crippen molar-refractivity contribution in [3.63, 3.8) is 0 Å². The number of carbonyl (C=O) groups is 1. The Morgan fingerprint density at radius 2 is 2.37 bits per heavy atom. The summed E-state index contributed by atoms with van der Waals surface area (Å²) < 4.78 is 13.1. The molecule has 0 bridgehead atoms. The minimum Gasteiger partial charge on any atom is -0.326 e. The number of amides is 1. The molecule has 1 aromatic rings. The summed E-state index contributed by atoms with van der Waals surface area (Å²) in [5, 5.41) is 16.3. The maximum absolute atomic E-state index is 13.1. The van der Waals surface area contributed by atoms with E-state index in [1.54, 1.807) is 0 Å². The van der Waals surface area contributed by atoms with Crippen LogP contribution in [0.3, 0.4) is 0 Å². The fourth-order valence-corrected chi connectivity index (χ4v) is 2.09. The highest BCUT2D eigenvalue weighted by atomic mass is 19.1. The van der Waals surface area contributed by atoms with Crippen LogP contribution in [-0.2, 0) is 4.79 Å². The van der Waals surface area contributed by atoms with Crippen LogP contribution in [0.5, 0.6) is 0 Å². The largest absolute Gasteiger partial charge is 0.326 e. The van der Waals surface area contributed by atoms with Gasteiger partial charge in [0.25, 0.3) is 0 Å². The first-order valence-corrected chi connectivity index (χ1v) is 6.01. The van der Waals surface area contributed by atoms with Crippen LogP contribution in [0, 0.1) is 21.8 Å². The van der Waals surface area contributed by atoms with Gasteiger partial charge in [0.05, 0.1) is 4.92 Å². The van der Waals surface area contributed by atoms with E-state index >= 15 is 0 Å². The zero-order chi connectivity index (χ0) is 13.8. The molecule has 1 aliphatic heterocycles. The number of carbonyl (C=O) groups excluding carboxylic acids is 1. The fraction of sp³-hybridized carbons (Fsp3) is 0.417. The van der Waals surface area contributed by atoms with E-state index in [2.05, 4.69) is 10.6 Å². The van der Waals surface area contributed by atoms with Crippen LogP contribution in [0.25, 0.3) is 0 Å². The molecule has 102 valence electrons. The molecule has 1 amide bonds. The standard InChI is InChI=1S/C12H14FN3O3/c13-10-2-1-9(6-11(10)16(18)19)15-12(17)5-8-3-4-14-7-8/h1-2,6,8,14H,3-5,7H2,(H,15,17). The van der Waals surface area contributed by atoms with Crippen molar-refractivity contribution in [3.05, 3.63) is 34.1 Å². The summed E-state index contributed by atoms with van der Waals surface area (Å²) in [6.45, 7) is 1.71. The Labute approximate surface area is 109 Å². The number of hydrogen-bond acceptors (Lipinski definition) is 4. The van der Waals surface area contributed by atoms with E-state index < -0.39 is 16.4 Å². The van der Waals surface area contributed by atoms with Gasteiger partial charge < -0.3 is 10.6 Å². The molecule has 6 nitrogen and oxygen atoms in total. The normalized spacial score (nSPS) is 18.3. The lowest BCUT2D eigenvalue weighted by molar-refractivity contribution is -0.387. The molecule has 1 fully saturated rings. The second-order valence-corrected chi connectivity index (χ2v) is 4.53. The molecular formula is C12H14FN3O3. The summed E-state index contributed by atoms with van der Waals surface area (Å²) in [6.07, 6.45) is 1.30. The van der Waals surface area contributed by atoms with Crippen molar-refractivity contribution in [2.45, 2.75) is 12.8 Å². The van der Waals surface area contributed by atoms with Gasteiger partial charge in [-0.15, -0.1) is 0 Å². The average molecular weight is 267 g/mol. The Balaban J connectivity index is 2.00. The molecule has 1 unspecified atom stereocenters. The van der Waals surface area contributed by atoms with Gasteiger partial charge in [0.1, 0.15) is 0 Å². The van der Waals surface area contributed by atoms with E-state index in [4.69, 9.17) is 0 Å². The van der Waals surface area contributed by atoms with Crippen LogP contribution in [0.2, 0.25) is 0 Å². The maximum atomic E-state index is 13.1. The third-order valence-corrected chi connectivity index (χ3v) is 3.06.